The number of hydrogen-bond donors (Lipinski definition) is 1. The number of primary amides is 1. The average molecular weight is 509 g/mol. The van der Waals surface area contributed by atoms with Gasteiger partial charge in [-0.15, -0.1) is 11.3 Å². The van der Waals surface area contributed by atoms with Crippen LogP contribution in [0.1, 0.15) is 12.8 Å². The molecule has 0 aliphatic carbocycles. The van der Waals surface area contributed by atoms with Crippen LogP contribution in [-0.4, -0.2) is 73.3 Å². The van der Waals surface area contributed by atoms with Gasteiger partial charge in [-0.05, 0) is 25.0 Å². The second-order valence-electron chi connectivity index (χ2n) is 7.66. The van der Waals surface area contributed by atoms with E-state index in [4.69, 9.17) is 20.2 Å². The first kappa shape index (κ1) is 22.3. The summed E-state index contributed by atoms with van der Waals surface area (Å²) in [4.78, 5) is 33.2. The summed E-state index contributed by atoms with van der Waals surface area (Å²) in [5, 5.41) is 2.62. The van der Waals surface area contributed by atoms with Crippen LogP contribution in [-0.2, 0) is 19.1 Å². The third-order valence-corrected chi connectivity index (χ3v) is 6.79. The maximum atomic E-state index is 13.3. The molecule has 8 nitrogen and oxygen atoms in total. The smallest absolute Gasteiger partial charge is 0.247 e. The summed E-state index contributed by atoms with van der Waals surface area (Å²) in [6.45, 7) is 2.63. The number of morpholine rings is 1. The first-order valence-corrected chi connectivity index (χ1v) is 11.9. The molecular weight excluding hydrogens is 484 g/mol. The maximum Gasteiger partial charge on any atom is 0.247 e. The van der Waals surface area contributed by atoms with Crippen LogP contribution in [0.3, 0.4) is 0 Å². The molecule has 2 atom stereocenters. The molecule has 2 N–H and O–H groups in total. The minimum atomic E-state index is -0.683. The molecule has 2 aromatic rings. The number of anilines is 1. The van der Waals surface area contributed by atoms with Gasteiger partial charge in [0.25, 0.3) is 0 Å². The highest BCUT2D eigenvalue weighted by molar-refractivity contribution is 9.10. The van der Waals surface area contributed by atoms with Crippen LogP contribution in [0.25, 0.3) is 11.3 Å². The lowest BCUT2D eigenvalue weighted by Gasteiger charge is -2.32. The van der Waals surface area contributed by atoms with Crippen LogP contribution in [0.2, 0.25) is 0 Å². The number of ether oxygens (including phenoxy) is 2. The van der Waals surface area contributed by atoms with Gasteiger partial charge in [0.2, 0.25) is 11.8 Å². The van der Waals surface area contributed by atoms with Gasteiger partial charge in [0, 0.05) is 35.1 Å². The fraction of sp³-hybridized carbons (Fsp3) is 0.476. The summed E-state index contributed by atoms with van der Waals surface area (Å²) in [6.07, 6.45) is 1.25. The summed E-state index contributed by atoms with van der Waals surface area (Å²) in [5.74, 6) is -0.579. The van der Waals surface area contributed by atoms with Crippen molar-refractivity contribution < 1.29 is 19.1 Å². The highest BCUT2D eigenvalue weighted by Gasteiger charge is 2.30. The zero-order chi connectivity index (χ0) is 21.8. The normalized spacial score (nSPS) is 21.8. The van der Waals surface area contributed by atoms with Gasteiger partial charge in [0.1, 0.15) is 6.10 Å². The topological polar surface area (TPSA) is 98.0 Å². The summed E-state index contributed by atoms with van der Waals surface area (Å²) in [6, 6.07) is 7.92. The van der Waals surface area contributed by atoms with E-state index in [0.29, 0.717) is 31.4 Å². The van der Waals surface area contributed by atoms with Gasteiger partial charge in [-0.25, -0.2) is 4.98 Å². The van der Waals surface area contributed by atoms with E-state index in [1.807, 2.05) is 34.5 Å². The molecule has 10 heteroatoms. The molecule has 2 aliphatic heterocycles. The van der Waals surface area contributed by atoms with E-state index in [1.54, 1.807) is 4.90 Å². The molecule has 1 aromatic heterocycles. The van der Waals surface area contributed by atoms with E-state index in [1.165, 1.54) is 11.3 Å². The summed E-state index contributed by atoms with van der Waals surface area (Å²) < 4.78 is 12.2. The standard InChI is InChI=1S/C21H25BrN4O4S/c22-15-5-3-14(4-6-15)17-13-31-21(24-17)26(10-16-2-1-8-29-16)19(27)12-25-7-9-30-18(11-25)20(23)28/h3-6,13,16,18H,1-2,7-12H2,(H2,23,28). The molecule has 0 spiro atoms. The van der Waals surface area contributed by atoms with Crippen LogP contribution in [0, 0.1) is 0 Å². The minimum Gasteiger partial charge on any atom is -0.376 e. The zero-order valence-corrected chi connectivity index (χ0v) is 19.4. The van der Waals surface area contributed by atoms with Crippen LogP contribution >= 0.6 is 27.3 Å². The van der Waals surface area contributed by atoms with E-state index < -0.39 is 12.0 Å². The molecule has 2 amide bonds. The Morgan fingerprint density at radius 3 is 2.77 bits per heavy atom. The maximum absolute atomic E-state index is 13.3. The van der Waals surface area contributed by atoms with Gasteiger partial charge >= 0.3 is 0 Å². The number of aromatic nitrogens is 1. The number of hydrogen-bond acceptors (Lipinski definition) is 7. The minimum absolute atomic E-state index is 0.00652. The molecule has 2 unspecified atom stereocenters. The first-order chi connectivity index (χ1) is 15.0. The number of thiazole rings is 1. The Labute approximate surface area is 193 Å². The molecule has 1 aromatic carbocycles. The molecular formula is C21H25BrN4O4S. The van der Waals surface area contributed by atoms with Crippen molar-refractivity contribution in [2.24, 2.45) is 5.73 Å². The van der Waals surface area contributed by atoms with Crippen molar-refractivity contribution in [3.05, 3.63) is 34.1 Å². The van der Waals surface area contributed by atoms with Crippen molar-refractivity contribution in [3.8, 4) is 11.3 Å². The lowest BCUT2D eigenvalue weighted by Crippen LogP contribution is -2.52. The Bertz CT molecular complexity index is 916. The molecule has 0 bridgehead atoms. The number of amides is 2. The number of nitrogens with zero attached hydrogens (tertiary/aromatic N) is 3. The SMILES string of the molecule is NC(=O)C1CN(CC(=O)N(CC2CCCO2)c2nc(-c3ccc(Br)cc3)cs2)CCO1. The molecule has 4 rings (SSSR count). The van der Waals surface area contributed by atoms with E-state index in [0.717, 1.165) is 35.2 Å². The summed E-state index contributed by atoms with van der Waals surface area (Å²) in [7, 11) is 0. The predicted octanol–water partition coefficient (Wildman–Crippen LogP) is 2.27. The quantitative estimate of drug-likeness (QED) is 0.615. The lowest BCUT2D eigenvalue weighted by atomic mass is 10.2. The lowest BCUT2D eigenvalue weighted by molar-refractivity contribution is -0.137. The van der Waals surface area contributed by atoms with Crippen LogP contribution in [0.5, 0.6) is 0 Å². The number of nitrogens with two attached hydrogens (primary N) is 1. The third kappa shape index (κ3) is 5.69. The van der Waals surface area contributed by atoms with E-state index >= 15 is 0 Å². The van der Waals surface area contributed by atoms with Gasteiger partial charge in [-0.3, -0.25) is 19.4 Å². The number of rotatable bonds is 7. The van der Waals surface area contributed by atoms with Gasteiger partial charge in [0.05, 0.1) is 31.5 Å². The molecule has 166 valence electrons. The van der Waals surface area contributed by atoms with Crippen molar-refractivity contribution in [1.82, 2.24) is 9.88 Å². The average Bonchev–Trinajstić information content (AvgIpc) is 3.45. The molecule has 0 radical (unpaired) electrons. The van der Waals surface area contributed by atoms with Gasteiger partial charge in [-0.1, -0.05) is 28.1 Å². The second-order valence-corrected chi connectivity index (χ2v) is 9.41. The molecule has 2 saturated heterocycles. The zero-order valence-electron chi connectivity index (χ0n) is 17.0. The van der Waals surface area contributed by atoms with Gasteiger partial charge < -0.3 is 15.2 Å². The van der Waals surface area contributed by atoms with E-state index in [9.17, 15) is 9.59 Å². The second kappa shape index (κ2) is 10.2. The fourth-order valence-corrected chi connectivity index (χ4v) is 4.84. The molecule has 3 heterocycles. The van der Waals surface area contributed by atoms with Gasteiger partial charge in [0.15, 0.2) is 5.13 Å². The van der Waals surface area contributed by atoms with E-state index in [2.05, 4.69) is 15.9 Å². The number of halogens is 1. The van der Waals surface area contributed by atoms with Gasteiger partial charge in [-0.2, -0.15) is 0 Å². The summed E-state index contributed by atoms with van der Waals surface area (Å²) in [5.41, 5.74) is 7.20. The Kier molecular flexibility index (Phi) is 7.34. The highest BCUT2D eigenvalue weighted by Crippen LogP contribution is 2.29. The Hall–Kier alpha value is -1.85. The number of carbonyl (C=O) groups excluding carboxylic acids is 2. The third-order valence-electron chi connectivity index (χ3n) is 5.40. The van der Waals surface area contributed by atoms with Crippen LogP contribution < -0.4 is 10.6 Å². The van der Waals surface area contributed by atoms with Crippen LogP contribution in [0.15, 0.2) is 34.1 Å². The van der Waals surface area contributed by atoms with Crippen molar-refractivity contribution >= 4 is 44.2 Å². The Balaban J connectivity index is 1.50. The number of carbonyl (C=O) groups is 2. The predicted molar refractivity (Wildman–Crippen MR) is 122 cm³/mol. The monoisotopic (exact) mass is 508 g/mol. The molecule has 0 saturated carbocycles. The van der Waals surface area contributed by atoms with E-state index in [-0.39, 0.29) is 18.6 Å². The molecule has 31 heavy (non-hydrogen) atoms. The van der Waals surface area contributed by atoms with Crippen molar-refractivity contribution in [2.75, 3.05) is 44.3 Å². The summed E-state index contributed by atoms with van der Waals surface area (Å²) >= 11 is 4.89. The van der Waals surface area contributed by atoms with Crippen molar-refractivity contribution in [3.63, 3.8) is 0 Å². The Morgan fingerprint density at radius 1 is 1.26 bits per heavy atom. The molecule has 2 aliphatic rings. The molecule has 2 fully saturated rings. The van der Waals surface area contributed by atoms with Crippen molar-refractivity contribution in [2.45, 2.75) is 25.0 Å². The largest absolute Gasteiger partial charge is 0.376 e. The number of benzene rings is 1. The Morgan fingerprint density at radius 2 is 2.06 bits per heavy atom. The fourth-order valence-electron chi connectivity index (χ4n) is 3.71. The van der Waals surface area contributed by atoms with Crippen molar-refractivity contribution in [1.29, 1.82) is 0 Å². The van der Waals surface area contributed by atoms with Crippen LogP contribution in [0.4, 0.5) is 5.13 Å². The first-order valence-electron chi connectivity index (χ1n) is 10.3. The highest BCUT2D eigenvalue weighted by atomic mass is 79.9.